The van der Waals surface area contributed by atoms with Crippen molar-refractivity contribution in [2.45, 2.75) is 46.1 Å². The van der Waals surface area contributed by atoms with Gasteiger partial charge in [-0.05, 0) is 46.2 Å². The van der Waals surface area contributed by atoms with Crippen molar-refractivity contribution in [1.29, 1.82) is 0 Å². The van der Waals surface area contributed by atoms with Crippen LogP contribution in [-0.2, 0) is 4.79 Å². The van der Waals surface area contributed by atoms with Crippen LogP contribution in [0.4, 0.5) is 0 Å². The van der Waals surface area contributed by atoms with Crippen molar-refractivity contribution >= 4 is 5.91 Å². The van der Waals surface area contributed by atoms with E-state index in [2.05, 4.69) is 17.1 Å². The molecular weight excluding hydrogens is 200 g/mol. The summed E-state index contributed by atoms with van der Waals surface area (Å²) in [6.45, 7) is 9.23. The fraction of sp³-hybridized carbons (Fsp3) is 0.769. The smallest absolute Gasteiger partial charge is 0.246 e. The Kier molecular flexibility index (Phi) is 5.53. The first kappa shape index (κ1) is 13.2. The molecular formula is C13H24N2O. The number of nitrogens with one attached hydrogen (secondary N) is 1. The monoisotopic (exact) mass is 224 g/mol. The van der Waals surface area contributed by atoms with Gasteiger partial charge in [0.25, 0.3) is 0 Å². The molecule has 3 heteroatoms. The van der Waals surface area contributed by atoms with E-state index in [4.69, 9.17) is 0 Å². The summed E-state index contributed by atoms with van der Waals surface area (Å²) in [6.07, 6.45) is 5.48. The Morgan fingerprint density at radius 2 is 2.06 bits per heavy atom. The number of rotatable bonds is 5. The van der Waals surface area contributed by atoms with Crippen LogP contribution in [0.25, 0.3) is 0 Å². The van der Waals surface area contributed by atoms with Gasteiger partial charge in [-0.25, -0.2) is 0 Å². The summed E-state index contributed by atoms with van der Waals surface area (Å²) in [5.74, 6) is 0.0768. The summed E-state index contributed by atoms with van der Waals surface area (Å²) in [5.41, 5.74) is 0.830. The summed E-state index contributed by atoms with van der Waals surface area (Å²) < 4.78 is 0. The van der Waals surface area contributed by atoms with E-state index in [0.29, 0.717) is 6.04 Å². The van der Waals surface area contributed by atoms with E-state index >= 15 is 0 Å². The molecule has 1 saturated heterocycles. The minimum absolute atomic E-state index is 0.0768. The molecule has 0 spiro atoms. The minimum Gasteiger partial charge on any atom is -0.351 e. The van der Waals surface area contributed by atoms with E-state index in [1.807, 2.05) is 19.9 Å². The van der Waals surface area contributed by atoms with Crippen LogP contribution in [0.1, 0.15) is 40.0 Å². The highest BCUT2D eigenvalue weighted by Gasteiger charge is 2.18. The standard InChI is InChI=1S/C13H24N2O/c1-4-7-11(2)13(16)14-10-12(3)15-8-5-6-9-15/h7,12H,4-6,8-10H2,1-3H3,(H,14,16)/b11-7-. The van der Waals surface area contributed by atoms with Crippen molar-refractivity contribution in [2.24, 2.45) is 0 Å². The summed E-state index contributed by atoms with van der Waals surface area (Å²) >= 11 is 0. The van der Waals surface area contributed by atoms with Crippen LogP contribution in [0.2, 0.25) is 0 Å². The maximum Gasteiger partial charge on any atom is 0.246 e. The molecule has 0 aliphatic carbocycles. The number of likely N-dealkylation sites (tertiary alicyclic amines) is 1. The second-order valence-corrected chi connectivity index (χ2v) is 4.60. The number of carbonyl (C=O) groups excluding carboxylic acids is 1. The molecule has 16 heavy (non-hydrogen) atoms. The summed E-state index contributed by atoms with van der Waals surface area (Å²) in [5, 5.41) is 3.00. The van der Waals surface area contributed by atoms with E-state index in [9.17, 15) is 4.79 Å². The Morgan fingerprint density at radius 3 is 2.62 bits per heavy atom. The lowest BCUT2D eigenvalue weighted by Crippen LogP contribution is -2.40. The van der Waals surface area contributed by atoms with E-state index < -0.39 is 0 Å². The second kappa shape index (κ2) is 6.69. The van der Waals surface area contributed by atoms with Gasteiger partial charge in [0.1, 0.15) is 0 Å². The van der Waals surface area contributed by atoms with E-state index in [0.717, 1.165) is 18.5 Å². The predicted molar refractivity (Wildman–Crippen MR) is 67.3 cm³/mol. The van der Waals surface area contributed by atoms with Crippen LogP contribution < -0.4 is 5.32 Å². The Morgan fingerprint density at radius 1 is 1.44 bits per heavy atom. The van der Waals surface area contributed by atoms with Gasteiger partial charge in [0.05, 0.1) is 0 Å². The Labute approximate surface area is 98.9 Å². The van der Waals surface area contributed by atoms with Gasteiger partial charge in [-0.3, -0.25) is 9.69 Å². The molecule has 0 aromatic rings. The van der Waals surface area contributed by atoms with Crippen molar-refractivity contribution in [3.8, 4) is 0 Å². The van der Waals surface area contributed by atoms with Crippen LogP contribution in [0, 0.1) is 0 Å². The zero-order valence-corrected chi connectivity index (χ0v) is 10.8. The summed E-state index contributed by atoms with van der Waals surface area (Å²) in [7, 11) is 0. The van der Waals surface area contributed by atoms with Crippen molar-refractivity contribution in [3.63, 3.8) is 0 Å². The molecule has 1 N–H and O–H groups in total. The topological polar surface area (TPSA) is 32.3 Å². The molecule has 1 amide bonds. The van der Waals surface area contributed by atoms with Crippen LogP contribution in [0.3, 0.4) is 0 Å². The summed E-state index contributed by atoms with van der Waals surface area (Å²) in [4.78, 5) is 14.1. The Bertz CT molecular complexity index is 255. The van der Waals surface area contributed by atoms with Crippen LogP contribution in [0.15, 0.2) is 11.6 Å². The molecule has 1 fully saturated rings. The first-order chi connectivity index (χ1) is 7.65. The quantitative estimate of drug-likeness (QED) is 0.724. The molecule has 0 radical (unpaired) electrons. The number of amides is 1. The van der Waals surface area contributed by atoms with Crippen LogP contribution in [0.5, 0.6) is 0 Å². The highest BCUT2D eigenvalue weighted by atomic mass is 16.1. The zero-order valence-electron chi connectivity index (χ0n) is 10.8. The van der Waals surface area contributed by atoms with Crippen LogP contribution in [-0.4, -0.2) is 36.5 Å². The molecule has 1 atom stereocenters. The Hall–Kier alpha value is -0.830. The van der Waals surface area contributed by atoms with Gasteiger partial charge in [-0.15, -0.1) is 0 Å². The molecule has 3 nitrogen and oxygen atoms in total. The third-order valence-electron chi connectivity index (χ3n) is 3.19. The van der Waals surface area contributed by atoms with Gasteiger partial charge >= 0.3 is 0 Å². The molecule has 0 aromatic carbocycles. The lowest BCUT2D eigenvalue weighted by atomic mass is 10.2. The highest BCUT2D eigenvalue weighted by Crippen LogP contribution is 2.10. The van der Waals surface area contributed by atoms with Crippen molar-refractivity contribution in [3.05, 3.63) is 11.6 Å². The maximum absolute atomic E-state index is 11.7. The number of allylic oxidation sites excluding steroid dienone is 1. The molecule has 1 aliphatic heterocycles. The molecule has 1 aliphatic rings. The van der Waals surface area contributed by atoms with Gasteiger partial charge in [-0.2, -0.15) is 0 Å². The average molecular weight is 224 g/mol. The fourth-order valence-electron chi connectivity index (χ4n) is 2.09. The van der Waals surface area contributed by atoms with Crippen molar-refractivity contribution < 1.29 is 4.79 Å². The predicted octanol–water partition coefficient (Wildman–Crippen LogP) is 1.94. The van der Waals surface area contributed by atoms with Crippen LogP contribution >= 0.6 is 0 Å². The van der Waals surface area contributed by atoms with Gasteiger partial charge in [-0.1, -0.05) is 13.0 Å². The van der Waals surface area contributed by atoms with Gasteiger partial charge in [0.15, 0.2) is 0 Å². The average Bonchev–Trinajstić information content (AvgIpc) is 2.79. The number of hydrogen-bond donors (Lipinski definition) is 1. The molecule has 1 heterocycles. The van der Waals surface area contributed by atoms with Gasteiger partial charge < -0.3 is 5.32 Å². The van der Waals surface area contributed by atoms with E-state index in [-0.39, 0.29) is 5.91 Å². The number of hydrogen-bond acceptors (Lipinski definition) is 2. The van der Waals surface area contributed by atoms with Gasteiger partial charge in [0.2, 0.25) is 5.91 Å². The fourth-order valence-corrected chi connectivity index (χ4v) is 2.09. The lowest BCUT2D eigenvalue weighted by molar-refractivity contribution is -0.117. The largest absolute Gasteiger partial charge is 0.351 e. The zero-order chi connectivity index (χ0) is 12.0. The number of carbonyl (C=O) groups is 1. The molecule has 0 aromatic heterocycles. The Balaban J connectivity index is 2.28. The van der Waals surface area contributed by atoms with E-state index in [1.54, 1.807) is 0 Å². The molecule has 1 unspecified atom stereocenters. The maximum atomic E-state index is 11.7. The SMILES string of the molecule is CC/C=C(/C)C(=O)NCC(C)N1CCCC1. The normalized spacial score (nSPS) is 19.8. The van der Waals surface area contributed by atoms with Crippen molar-refractivity contribution in [1.82, 2.24) is 10.2 Å². The number of nitrogens with zero attached hydrogens (tertiary/aromatic N) is 1. The third kappa shape index (κ3) is 3.97. The molecule has 0 saturated carbocycles. The first-order valence-corrected chi connectivity index (χ1v) is 6.34. The second-order valence-electron chi connectivity index (χ2n) is 4.60. The minimum atomic E-state index is 0.0768. The van der Waals surface area contributed by atoms with Crippen molar-refractivity contribution in [2.75, 3.05) is 19.6 Å². The lowest BCUT2D eigenvalue weighted by Gasteiger charge is -2.23. The summed E-state index contributed by atoms with van der Waals surface area (Å²) in [6, 6.07) is 0.459. The highest BCUT2D eigenvalue weighted by molar-refractivity contribution is 5.92. The van der Waals surface area contributed by atoms with E-state index in [1.165, 1.54) is 25.9 Å². The van der Waals surface area contributed by atoms with Gasteiger partial charge in [0, 0.05) is 18.2 Å². The molecule has 92 valence electrons. The molecule has 0 bridgehead atoms. The third-order valence-corrected chi connectivity index (χ3v) is 3.19. The molecule has 1 rings (SSSR count). The first-order valence-electron chi connectivity index (χ1n) is 6.34.